The van der Waals surface area contributed by atoms with Crippen LogP contribution in [0.5, 0.6) is 0 Å². The normalized spacial score (nSPS) is 30.9. The van der Waals surface area contributed by atoms with Gasteiger partial charge in [0.25, 0.3) is 0 Å². The highest BCUT2D eigenvalue weighted by Gasteiger charge is 2.21. The van der Waals surface area contributed by atoms with Crippen LogP contribution < -0.4 is 0 Å². The van der Waals surface area contributed by atoms with E-state index in [9.17, 15) is 0 Å². The standard InChI is InChI=1S/C13H16/c1-3-11-5-4-6-12-9-10(2)7-8-13(11)12/h4-9,11,13H,3H2,1-2H3. The predicted octanol–water partition coefficient (Wildman–Crippen LogP) is 3.64. The second kappa shape index (κ2) is 3.37. The molecule has 2 unspecified atom stereocenters. The topological polar surface area (TPSA) is 0 Å². The maximum absolute atomic E-state index is 2.35. The molecule has 2 atom stereocenters. The maximum atomic E-state index is 2.35. The third-order valence-corrected chi connectivity index (χ3v) is 2.93. The van der Waals surface area contributed by atoms with E-state index in [0.29, 0.717) is 11.8 Å². The van der Waals surface area contributed by atoms with Crippen molar-refractivity contribution in [3.8, 4) is 0 Å². The summed E-state index contributed by atoms with van der Waals surface area (Å²) < 4.78 is 0. The van der Waals surface area contributed by atoms with E-state index >= 15 is 0 Å². The van der Waals surface area contributed by atoms with Gasteiger partial charge in [0.1, 0.15) is 0 Å². The van der Waals surface area contributed by atoms with Crippen molar-refractivity contribution in [2.24, 2.45) is 11.8 Å². The number of hydrogen-bond acceptors (Lipinski definition) is 0. The number of hydrogen-bond donors (Lipinski definition) is 0. The van der Waals surface area contributed by atoms with Gasteiger partial charge in [0, 0.05) is 5.92 Å². The highest BCUT2D eigenvalue weighted by atomic mass is 14.3. The highest BCUT2D eigenvalue weighted by molar-refractivity contribution is 5.42. The van der Waals surface area contributed by atoms with Crippen molar-refractivity contribution in [3.63, 3.8) is 0 Å². The van der Waals surface area contributed by atoms with E-state index in [4.69, 9.17) is 0 Å². The average molecular weight is 172 g/mol. The smallest absolute Gasteiger partial charge is 0.00841 e. The SMILES string of the molecule is CCC1C=CC=C2C=C(C)C=CC21. The molecule has 0 nitrogen and oxygen atoms in total. The summed E-state index contributed by atoms with van der Waals surface area (Å²) in [6, 6.07) is 0. The lowest BCUT2D eigenvalue weighted by Crippen LogP contribution is -2.15. The highest BCUT2D eigenvalue weighted by Crippen LogP contribution is 2.33. The summed E-state index contributed by atoms with van der Waals surface area (Å²) in [5.41, 5.74) is 2.85. The van der Waals surface area contributed by atoms with Gasteiger partial charge in [0.15, 0.2) is 0 Å². The maximum Gasteiger partial charge on any atom is 0.00841 e. The van der Waals surface area contributed by atoms with Gasteiger partial charge < -0.3 is 0 Å². The minimum atomic E-state index is 0.638. The van der Waals surface area contributed by atoms with Crippen LogP contribution >= 0.6 is 0 Å². The van der Waals surface area contributed by atoms with Crippen LogP contribution in [0.15, 0.2) is 47.6 Å². The lowest BCUT2D eigenvalue weighted by Gasteiger charge is -2.27. The van der Waals surface area contributed by atoms with Crippen molar-refractivity contribution >= 4 is 0 Å². The third-order valence-electron chi connectivity index (χ3n) is 2.93. The third kappa shape index (κ3) is 1.53. The van der Waals surface area contributed by atoms with Crippen molar-refractivity contribution < 1.29 is 0 Å². The Balaban J connectivity index is 2.31. The van der Waals surface area contributed by atoms with Gasteiger partial charge in [-0.2, -0.15) is 0 Å². The molecule has 0 aromatic rings. The molecule has 2 aliphatic carbocycles. The van der Waals surface area contributed by atoms with Crippen LogP contribution in [0.25, 0.3) is 0 Å². The second-order valence-corrected chi connectivity index (χ2v) is 3.90. The van der Waals surface area contributed by atoms with Crippen LogP contribution in [0.2, 0.25) is 0 Å². The van der Waals surface area contributed by atoms with Gasteiger partial charge in [-0.15, -0.1) is 0 Å². The largest absolute Gasteiger partial charge is 0.0805 e. The van der Waals surface area contributed by atoms with Crippen LogP contribution in [0.1, 0.15) is 20.3 Å². The molecule has 0 aromatic carbocycles. The Morgan fingerprint density at radius 3 is 2.92 bits per heavy atom. The Hall–Kier alpha value is -1.04. The molecule has 68 valence electrons. The zero-order valence-corrected chi connectivity index (χ0v) is 8.33. The molecule has 2 rings (SSSR count). The summed E-state index contributed by atoms with van der Waals surface area (Å²) in [4.78, 5) is 0. The van der Waals surface area contributed by atoms with Crippen LogP contribution in [0.3, 0.4) is 0 Å². The second-order valence-electron chi connectivity index (χ2n) is 3.90. The molecule has 0 heterocycles. The minimum Gasteiger partial charge on any atom is -0.0805 e. The van der Waals surface area contributed by atoms with E-state index in [1.165, 1.54) is 17.6 Å². The first kappa shape index (κ1) is 8.55. The first-order valence-corrected chi connectivity index (χ1v) is 5.06. The van der Waals surface area contributed by atoms with Crippen molar-refractivity contribution in [2.45, 2.75) is 20.3 Å². The van der Waals surface area contributed by atoms with Crippen LogP contribution in [0.4, 0.5) is 0 Å². The summed E-state index contributed by atoms with van der Waals surface area (Å²) in [6.45, 7) is 4.42. The zero-order chi connectivity index (χ0) is 9.26. The molecule has 13 heavy (non-hydrogen) atoms. The molecule has 0 aliphatic heterocycles. The number of rotatable bonds is 1. The summed E-state index contributed by atoms with van der Waals surface area (Å²) in [5, 5.41) is 0. The molecule has 0 radical (unpaired) electrons. The Morgan fingerprint density at radius 1 is 1.31 bits per heavy atom. The molecule has 0 bridgehead atoms. The number of allylic oxidation sites excluding steroid dienone is 8. The predicted molar refractivity (Wildman–Crippen MR) is 57.4 cm³/mol. The summed E-state index contributed by atoms with van der Waals surface area (Å²) in [5.74, 6) is 1.35. The minimum absolute atomic E-state index is 0.638. The molecule has 0 spiro atoms. The van der Waals surface area contributed by atoms with Crippen molar-refractivity contribution in [1.29, 1.82) is 0 Å². The fourth-order valence-corrected chi connectivity index (χ4v) is 2.14. The average Bonchev–Trinajstić information content (AvgIpc) is 2.16. The monoisotopic (exact) mass is 172 g/mol. The van der Waals surface area contributed by atoms with Crippen LogP contribution in [-0.4, -0.2) is 0 Å². The van der Waals surface area contributed by atoms with E-state index in [1.807, 2.05) is 0 Å². The molecule has 0 heteroatoms. The quantitative estimate of drug-likeness (QED) is 0.566. The van der Waals surface area contributed by atoms with Gasteiger partial charge in [0.05, 0.1) is 0 Å². The molecule has 0 saturated heterocycles. The fraction of sp³-hybridized carbons (Fsp3) is 0.385. The molecule has 0 fully saturated rings. The Kier molecular flexibility index (Phi) is 2.22. The summed E-state index contributed by atoms with van der Waals surface area (Å²) >= 11 is 0. The lowest BCUT2D eigenvalue weighted by atomic mass is 9.77. The van der Waals surface area contributed by atoms with Gasteiger partial charge in [-0.3, -0.25) is 0 Å². The molecule has 0 N–H and O–H groups in total. The van der Waals surface area contributed by atoms with E-state index in [2.05, 4.69) is 50.3 Å². The first-order valence-electron chi connectivity index (χ1n) is 5.06. The van der Waals surface area contributed by atoms with E-state index < -0.39 is 0 Å². The van der Waals surface area contributed by atoms with Crippen molar-refractivity contribution in [1.82, 2.24) is 0 Å². The molecule has 2 aliphatic rings. The number of fused-ring (bicyclic) bond motifs is 1. The van der Waals surface area contributed by atoms with Gasteiger partial charge in [-0.1, -0.05) is 49.0 Å². The lowest BCUT2D eigenvalue weighted by molar-refractivity contribution is 0.516. The van der Waals surface area contributed by atoms with E-state index in [0.717, 1.165) is 0 Å². The zero-order valence-electron chi connectivity index (χ0n) is 8.33. The Labute approximate surface area is 80.3 Å². The first-order chi connectivity index (χ1) is 6.31. The van der Waals surface area contributed by atoms with Crippen LogP contribution in [-0.2, 0) is 0 Å². The van der Waals surface area contributed by atoms with Gasteiger partial charge in [0.2, 0.25) is 0 Å². The summed E-state index contributed by atoms with van der Waals surface area (Å²) in [7, 11) is 0. The Bertz CT molecular complexity index is 313. The molecular weight excluding hydrogens is 156 g/mol. The van der Waals surface area contributed by atoms with Crippen LogP contribution in [0, 0.1) is 11.8 Å². The van der Waals surface area contributed by atoms with Gasteiger partial charge in [-0.25, -0.2) is 0 Å². The fourth-order valence-electron chi connectivity index (χ4n) is 2.14. The molecule has 0 aromatic heterocycles. The summed E-state index contributed by atoms with van der Waals surface area (Å²) in [6.07, 6.45) is 14.9. The van der Waals surface area contributed by atoms with Gasteiger partial charge >= 0.3 is 0 Å². The van der Waals surface area contributed by atoms with Gasteiger partial charge in [-0.05, 0) is 24.8 Å². The molecule has 0 amide bonds. The van der Waals surface area contributed by atoms with E-state index in [-0.39, 0.29) is 0 Å². The molecule has 0 saturated carbocycles. The van der Waals surface area contributed by atoms with Crippen molar-refractivity contribution in [2.75, 3.05) is 0 Å². The Morgan fingerprint density at radius 2 is 2.15 bits per heavy atom. The van der Waals surface area contributed by atoms with E-state index in [1.54, 1.807) is 0 Å². The molecular formula is C13H16. The van der Waals surface area contributed by atoms with Crippen molar-refractivity contribution in [3.05, 3.63) is 47.6 Å².